The van der Waals surface area contributed by atoms with Crippen LogP contribution in [-0.2, 0) is 13.1 Å². The zero-order chi connectivity index (χ0) is 21.3. The molecular weight excluding hydrogens is 387 g/mol. The summed E-state index contributed by atoms with van der Waals surface area (Å²) in [5.74, 6) is 0.947. The normalized spacial score (nSPS) is 16.4. The summed E-state index contributed by atoms with van der Waals surface area (Å²) in [6.45, 7) is 3.26. The molecule has 0 aromatic heterocycles. The van der Waals surface area contributed by atoms with E-state index in [4.69, 9.17) is 9.47 Å². The average molecular weight is 419 g/mol. The van der Waals surface area contributed by atoms with Crippen LogP contribution in [0.15, 0.2) is 42.5 Å². The molecule has 3 rings (SSSR count). The summed E-state index contributed by atoms with van der Waals surface area (Å²) in [6, 6.07) is 12.3. The first kappa shape index (κ1) is 22.5. The lowest BCUT2D eigenvalue weighted by Crippen LogP contribution is -2.41. The monoisotopic (exact) mass is 418 g/mol. The van der Waals surface area contributed by atoms with Crippen LogP contribution in [0.3, 0.4) is 0 Å². The van der Waals surface area contributed by atoms with Crippen molar-refractivity contribution in [3.05, 3.63) is 59.4 Å². The summed E-state index contributed by atoms with van der Waals surface area (Å²) in [5.41, 5.74) is 1.62. The minimum absolute atomic E-state index is 0.167. The van der Waals surface area contributed by atoms with Gasteiger partial charge in [-0.2, -0.15) is 0 Å². The Morgan fingerprint density at radius 3 is 2.63 bits per heavy atom. The van der Waals surface area contributed by atoms with Gasteiger partial charge in [-0.05, 0) is 36.6 Å². The summed E-state index contributed by atoms with van der Waals surface area (Å²) in [5, 5.41) is 23.1. The fourth-order valence-electron chi connectivity index (χ4n) is 3.56. The van der Waals surface area contributed by atoms with Crippen molar-refractivity contribution < 1.29 is 24.1 Å². The molecule has 30 heavy (non-hydrogen) atoms. The second-order valence-electron chi connectivity index (χ2n) is 7.68. The third-order valence-corrected chi connectivity index (χ3v) is 5.29. The molecule has 0 bridgehead atoms. The van der Waals surface area contributed by atoms with Crippen LogP contribution in [0, 0.1) is 5.82 Å². The largest absolute Gasteiger partial charge is 0.493 e. The third-order valence-electron chi connectivity index (χ3n) is 5.29. The number of hydrogen-bond acceptors (Lipinski definition) is 6. The molecule has 0 aliphatic carbocycles. The van der Waals surface area contributed by atoms with Crippen molar-refractivity contribution in [3.63, 3.8) is 0 Å². The minimum atomic E-state index is -0.618. The number of hydrogen-bond donors (Lipinski definition) is 3. The quantitative estimate of drug-likeness (QED) is 0.550. The summed E-state index contributed by atoms with van der Waals surface area (Å²) in [7, 11) is 1.58. The van der Waals surface area contributed by atoms with E-state index in [1.807, 2.05) is 24.3 Å². The van der Waals surface area contributed by atoms with Crippen molar-refractivity contribution in [1.82, 2.24) is 10.2 Å². The van der Waals surface area contributed by atoms with Crippen molar-refractivity contribution in [3.8, 4) is 11.5 Å². The number of benzene rings is 2. The summed E-state index contributed by atoms with van der Waals surface area (Å²) in [6.07, 6.45) is 0.646. The molecule has 6 nitrogen and oxygen atoms in total. The highest BCUT2D eigenvalue weighted by Crippen LogP contribution is 2.28. The van der Waals surface area contributed by atoms with Gasteiger partial charge in [0.1, 0.15) is 18.5 Å². The van der Waals surface area contributed by atoms with Crippen LogP contribution in [0.4, 0.5) is 4.39 Å². The van der Waals surface area contributed by atoms with Gasteiger partial charge in [-0.15, -0.1) is 0 Å². The van der Waals surface area contributed by atoms with E-state index in [1.165, 1.54) is 6.07 Å². The first-order valence-electron chi connectivity index (χ1n) is 10.4. The van der Waals surface area contributed by atoms with Crippen molar-refractivity contribution in [2.45, 2.75) is 38.1 Å². The summed E-state index contributed by atoms with van der Waals surface area (Å²) < 4.78 is 24.9. The Labute approximate surface area is 177 Å². The highest BCUT2D eigenvalue weighted by Gasteiger charge is 2.20. The molecule has 0 spiro atoms. The lowest BCUT2D eigenvalue weighted by atomic mass is 10.1. The van der Waals surface area contributed by atoms with Crippen LogP contribution in [-0.4, -0.2) is 60.7 Å². The molecule has 7 heteroatoms. The average Bonchev–Trinajstić information content (AvgIpc) is 2.75. The molecule has 1 aliphatic heterocycles. The van der Waals surface area contributed by atoms with Gasteiger partial charge in [0.25, 0.3) is 0 Å². The molecule has 1 aliphatic rings. The van der Waals surface area contributed by atoms with Crippen LogP contribution < -0.4 is 14.8 Å². The Kier molecular flexibility index (Phi) is 8.45. The topological polar surface area (TPSA) is 74.2 Å². The van der Waals surface area contributed by atoms with Crippen LogP contribution >= 0.6 is 0 Å². The maximum atomic E-state index is 13.7. The number of nitrogens with zero attached hydrogens (tertiary/aromatic N) is 1. The van der Waals surface area contributed by atoms with Gasteiger partial charge in [-0.25, -0.2) is 4.39 Å². The second kappa shape index (κ2) is 11.3. The molecule has 0 unspecified atom stereocenters. The molecule has 1 fully saturated rings. The van der Waals surface area contributed by atoms with Crippen molar-refractivity contribution in [1.29, 1.82) is 0 Å². The number of ether oxygens (including phenoxy) is 2. The van der Waals surface area contributed by atoms with Gasteiger partial charge in [0.15, 0.2) is 11.5 Å². The number of β-amino-alcohol motifs (C(OH)–C–C–N with tert-alkyl or cyclic N) is 1. The molecule has 2 aromatic carbocycles. The molecule has 1 heterocycles. The van der Waals surface area contributed by atoms with Gasteiger partial charge in [0, 0.05) is 38.3 Å². The Balaban J connectivity index is 1.47. The van der Waals surface area contributed by atoms with Crippen molar-refractivity contribution in [2.24, 2.45) is 0 Å². The molecule has 164 valence electrons. The number of piperidine rings is 1. The molecule has 1 atom stereocenters. The number of rotatable bonds is 10. The number of aliphatic hydroxyl groups is 2. The number of halogens is 1. The van der Waals surface area contributed by atoms with Gasteiger partial charge >= 0.3 is 0 Å². The maximum absolute atomic E-state index is 13.7. The van der Waals surface area contributed by atoms with Crippen LogP contribution in [0.1, 0.15) is 24.0 Å². The van der Waals surface area contributed by atoms with E-state index in [2.05, 4.69) is 10.2 Å². The van der Waals surface area contributed by atoms with Crippen LogP contribution in [0.5, 0.6) is 11.5 Å². The smallest absolute Gasteiger partial charge is 0.161 e. The zero-order valence-corrected chi connectivity index (χ0v) is 17.4. The van der Waals surface area contributed by atoms with E-state index in [0.29, 0.717) is 36.7 Å². The van der Waals surface area contributed by atoms with E-state index in [9.17, 15) is 14.6 Å². The first-order valence-corrected chi connectivity index (χ1v) is 10.4. The standard InChI is InChI=1S/C23H31FN2O4/c1-29-23-12-17(13-25-14-18-4-2-3-5-21(18)24)6-7-22(23)30-16-20(28)15-26-10-8-19(27)9-11-26/h2-7,12,19-20,25,27-28H,8-11,13-16H2,1H3/t20-/m1/s1. The third kappa shape index (κ3) is 6.67. The van der Waals surface area contributed by atoms with Crippen LogP contribution in [0.25, 0.3) is 0 Å². The molecule has 2 aromatic rings. The molecular formula is C23H31FN2O4. The summed E-state index contributed by atoms with van der Waals surface area (Å²) in [4.78, 5) is 2.14. The fourth-order valence-corrected chi connectivity index (χ4v) is 3.56. The molecule has 1 saturated heterocycles. The fraction of sp³-hybridized carbons (Fsp3) is 0.478. The van der Waals surface area contributed by atoms with E-state index >= 15 is 0 Å². The van der Waals surface area contributed by atoms with Gasteiger partial charge in [0.05, 0.1) is 13.2 Å². The minimum Gasteiger partial charge on any atom is -0.493 e. The SMILES string of the molecule is COc1cc(CNCc2ccccc2F)ccc1OC[C@H](O)CN1CCC(O)CC1. The number of methoxy groups -OCH3 is 1. The van der Waals surface area contributed by atoms with Gasteiger partial charge < -0.3 is 29.9 Å². The maximum Gasteiger partial charge on any atom is 0.161 e. The second-order valence-corrected chi connectivity index (χ2v) is 7.68. The Hall–Kier alpha value is -2.19. The van der Waals surface area contributed by atoms with E-state index in [1.54, 1.807) is 19.2 Å². The number of aliphatic hydroxyl groups excluding tert-OH is 2. The highest BCUT2D eigenvalue weighted by atomic mass is 19.1. The first-order chi connectivity index (χ1) is 14.5. The zero-order valence-electron chi connectivity index (χ0n) is 17.4. The van der Waals surface area contributed by atoms with Crippen molar-refractivity contribution in [2.75, 3.05) is 33.4 Å². The van der Waals surface area contributed by atoms with E-state index in [0.717, 1.165) is 31.5 Å². The van der Waals surface area contributed by atoms with Gasteiger partial charge in [-0.1, -0.05) is 24.3 Å². The van der Waals surface area contributed by atoms with Crippen molar-refractivity contribution >= 4 is 0 Å². The van der Waals surface area contributed by atoms with Gasteiger partial charge in [0.2, 0.25) is 0 Å². The Morgan fingerprint density at radius 2 is 1.90 bits per heavy atom. The number of nitrogens with one attached hydrogen (secondary N) is 1. The number of likely N-dealkylation sites (tertiary alicyclic amines) is 1. The molecule has 0 radical (unpaired) electrons. The predicted octanol–water partition coefficient (Wildman–Crippen LogP) is 2.32. The molecule has 3 N–H and O–H groups in total. The summed E-state index contributed by atoms with van der Waals surface area (Å²) >= 11 is 0. The Bertz CT molecular complexity index is 797. The van der Waals surface area contributed by atoms with Gasteiger partial charge in [-0.3, -0.25) is 0 Å². The predicted molar refractivity (Wildman–Crippen MR) is 113 cm³/mol. The van der Waals surface area contributed by atoms with E-state index < -0.39 is 6.10 Å². The highest BCUT2D eigenvalue weighted by molar-refractivity contribution is 5.43. The Morgan fingerprint density at radius 1 is 1.13 bits per heavy atom. The lowest BCUT2D eigenvalue weighted by Gasteiger charge is -2.30. The van der Waals surface area contributed by atoms with Crippen LogP contribution in [0.2, 0.25) is 0 Å². The van der Waals surface area contributed by atoms with E-state index in [-0.39, 0.29) is 18.5 Å². The molecule has 0 saturated carbocycles. The molecule has 0 amide bonds. The lowest BCUT2D eigenvalue weighted by molar-refractivity contribution is 0.0333.